The number of benzene rings is 3. The standard InChI is InChI=1S/C27H23N5O3S/c1-16-8-13-22(17(2)14-16)31-25(35)21-6-4-5-7-23(21)32-26(31)29-30-27(32)36-15-24(34)19-9-11-20(12-10-19)28-18(3)33/h4-14H,15H2,1-3H3,(H,28,33). The number of para-hydroxylation sites is 1. The highest BCUT2D eigenvalue weighted by Crippen LogP contribution is 2.25. The van der Waals surface area contributed by atoms with Gasteiger partial charge in [-0.3, -0.25) is 18.8 Å². The molecule has 2 heterocycles. The quantitative estimate of drug-likeness (QED) is 0.272. The highest BCUT2D eigenvalue weighted by atomic mass is 32.2. The number of thioether (sulfide) groups is 1. The zero-order valence-corrected chi connectivity index (χ0v) is 20.8. The van der Waals surface area contributed by atoms with E-state index in [0.717, 1.165) is 16.8 Å². The van der Waals surface area contributed by atoms with Gasteiger partial charge in [0.1, 0.15) is 0 Å². The smallest absolute Gasteiger partial charge is 0.267 e. The van der Waals surface area contributed by atoms with Crippen LogP contribution in [-0.4, -0.2) is 36.6 Å². The molecular formula is C27H23N5O3S. The third kappa shape index (κ3) is 4.29. The molecule has 0 radical (unpaired) electrons. The highest BCUT2D eigenvalue weighted by Gasteiger charge is 2.19. The first-order valence-corrected chi connectivity index (χ1v) is 12.3. The summed E-state index contributed by atoms with van der Waals surface area (Å²) in [7, 11) is 0. The average Bonchev–Trinajstić information content (AvgIpc) is 3.28. The summed E-state index contributed by atoms with van der Waals surface area (Å²) in [6.07, 6.45) is 0. The Morgan fingerprint density at radius 1 is 0.972 bits per heavy atom. The van der Waals surface area contributed by atoms with Gasteiger partial charge in [-0.2, -0.15) is 0 Å². The first-order chi connectivity index (χ1) is 17.3. The molecule has 5 aromatic rings. The molecule has 36 heavy (non-hydrogen) atoms. The van der Waals surface area contributed by atoms with Crippen LogP contribution < -0.4 is 10.9 Å². The van der Waals surface area contributed by atoms with Gasteiger partial charge in [0, 0.05) is 18.2 Å². The Morgan fingerprint density at radius 2 is 1.72 bits per heavy atom. The number of ketones is 1. The Morgan fingerprint density at radius 3 is 2.44 bits per heavy atom. The van der Waals surface area contributed by atoms with Gasteiger partial charge in [-0.15, -0.1) is 10.2 Å². The molecule has 8 nitrogen and oxygen atoms in total. The fraction of sp³-hybridized carbons (Fsp3) is 0.148. The Labute approximate surface area is 211 Å². The molecule has 2 aromatic heterocycles. The fourth-order valence-electron chi connectivity index (χ4n) is 4.20. The summed E-state index contributed by atoms with van der Waals surface area (Å²) in [5, 5.41) is 12.4. The number of amides is 1. The van der Waals surface area contributed by atoms with Crippen molar-refractivity contribution in [3.05, 3.63) is 93.8 Å². The van der Waals surface area contributed by atoms with Crippen molar-refractivity contribution in [2.24, 2.45) is 0 Å². The van der Waals surface area contributed by atoms with Crippen LogP contribution >= 0.6 is 11.8 Å². The van der Waals surface area contributed by atoms with Crippen molar-refractivity contribution in [1.29, 1.82) is 0 Å². The highest BCUT2D eigenvalue weighted by molar-refractivity contribution is 7.99. The largest absolute Gasteiger partial charge is 0.326 e. The van der Waals surface area contributed by atoms with E-state index in [2.05, 4.69) is 15.5 Å². The maximum absolute atomic E-state index is 13.5. The summed E-state index contributed by atoms with van der Waals surface area (Å²) < 4.78 is 3.41. The minimum atomic E-state index is -0.177. The van der Waals surface area contributed by atoms with Crippen LogP contribution in [0, 0.1) is 13.8 Å². The van der Waals surface area contributed by atoms with Crippen molar-refractivity contribution in [2.45, 2.75) is 25.9 Å². The number of Topliss-reactive ketones (excluding diaryl/α,β-unsaturated/α-hetero) is 1. The van der Waals surface area contributed by atoms with Crippen molar-refractivity contribution in [3.63, 3.8) is 0 Å². The van der Waals surface area contributed by atoms with E-state index in [1.807, 2.05) is 54.6 Å². The summed E-state index contributed by atoms with van der Waals surface area (Å²) in [4.78, 5) is 37.6. The van der Waals surface area contributed by atoms with Crippen LogP contribution in [0.15, 0.2) is 76.7 Å². The van der Waals surface area contributed by atoms with Gasteiger partial charge >= 0.3 is 0 Å². The lowest BCUT2D eigenvalue weighted by atomic mass is 10.1. The number of nitrogens with one attached hydrogen (secondary N) is 1. The molecule has 0 aliphatic heterocycles. The zero-order chi connectivity index (χ0) is 25.4. The molecule has 0 atom stereocenters. The van der Waals surface area contributed by atoms with Crippen molar-refractivity contribution >= 4 is 45.8 Å². The predicted octanol–water partition coefficient (Wildman–Crippen LogP) is 4.58. The minimum Gasteiger partial charge on any atom is -0.326 e. The van der Waals surface area contributed by atoms with Crippen molar-refractivity contribution in [3.8, 4) is 5.69 Å². The van der Waals surface area contributed by atoms with Crippen LogP contribution in [-0.2, 0) is 4.79 Å². The zero-order valence-electron chi connectivity index (χ0n) is 20.0. The topological polar surface area (TPSA) is 98.4 Å². The van der Waals surface area contributed by atoms with Gasteiger partial charge < -0.3 is 5.32 Å². The van der Waals surface area contributed by atoms with Crippen LogP contribution in [0.5, 0.6) is 0 Å². The summed E-state index contributed by atoms with van der Waals surface area (Å²) in [5.41, 5.74) is 4.45. The summed E-state index contributed by atoms with van der Waals surface area (Å²) in [6, 6.07) is 20.0. The Bertz CT molecular complexity index is 1700. The number of carbonyl (C=O) groups excluding carboxylic acids is 2. The summed E-state index contributed by atoms with van der Waals surface area (Å²) >= 11 is 1.26. The minimum absolute atomic E-state index is 0.0851. The van der Waals surface area contributed by atoms with E-state index in [-0.39, 0.29) is 23.0 Å². The number of aryl methyl sites for hydroxylation is 2. The third-order valence-electron chi connectivity index (χ3n) is 5.85. The number of fused-ring (bicyclic) bond motifs is 3. The van der Waals surface area contributed by atoms with E-state index in [4.69, 9.17) is 0 Å². The van der Waals surface area contributed by atoms with Gasteiger partial charge in [0.25, 0.3) is 5.56 Å². The van der Waals surface area contributed by atoms with Crippen molar-refractivity contribution in [1.82, 2.24) is 19.2 Å². The molecule has 0 fully saturated rings. The molecule has 5 rings (SSSR count). The molecule has 9 heteroatoms. The lowest BCUT2D eigenvalue weighted by Gasteiger charge is -2.13. The SMILES string of the molecule is CC(=O)Nc1ccc(C(=O)CSc2nnc3n(-c4ccc(C)cc4C)c(=O)c4ccccc4n23)cc1. The second kappa shape index (κ2) is 9.43. The molecule has 1 amide bonds. The number of hydrogen-bond acceptors (Lipinski definition) is 6. The van der Waals surface area contributed by atoms with Gasteiger partial charge in [0.2, 0.25) is 11.7 Å². The number of anilines is 1. The molecule has 1 N–H and O–H groups in total. The first kappa shape index (κ1) is 23.5. The normalized spacial score (nSPS) is 11.2. The van der Waals surface area contributed by atoms with Gasteiger partial charge in [0.05, 0.1) is 22.3 Å². The van der Waals surface area contributed by atoms with E-state index in [9.17, 15) is 14.4 Å². The Balaban J connectivity index is 1.54. The van der Waals surface area contributed by atoms with Crippen LogP contribution in [0.3, 0.4) is 0 Å². The molecule has 0 aliphatic rings. The molecule has 3 aromatic carbocycles. The maximum atomic E-state index is 13.5. The molecular weight excluding hydrogens is 474 g/mol. The predicted molar refractivity (Wildman–Crippen MR) is 141 cm³/mol. The first-order valence-electron chi connectivity index (χ1n) is 11.3. The molecule has 0 saturated heterocycles. The molecule has 0 spiro atoms. The van der Waals surface area contributed by atoms with Gasteiger partial charge in [-0.05, 0) is 61.9 Å². The van der Waals surface area contributed by atoms with Gasteiger partial charge in [-0.1, -0.05) is 41.6 Å². The van der Waals surface area contributed by atoms with Crippen LogP contribution in [0.1, 0.15) is 28.4 Å². The average molecular weight is 498 g/mol. The van der Waals surface area contributed by atoms with Crippen LogP contribution in [0.25, 0.3) is 22.4 Å². The monoisotopic (exact) mass is 497 g/mol. The Hall–Kier alpha value is -4.24. The van der Waals surface area contributed by atoms with Crippen LogP contribution in [0.4, 0.5) is 5.69 Å². The van der Waals surface area contributed by atoms with Crippen molar-refractivity contribution in [2.75, 3.05) is 11.1 Å². The van der Waals surface area contributed by atoms with Gasteiger partial charge in [0.15, 0.2) is 10.9 Å². The summed E-state index contributed by atoms with van der Waals surface area (Å²) in [6.45, 7) is 5.40. The second-order valence-corrected chi connectivity index (χ2v) is 9.48. The summed E-state index contributed by atoms with van der Waals surface area (Å²) in [5.74, 6) is 0.269. The number of aromatic nitrogens is 4. The molecule has 180 valence electrons. The fourth-order valence-corrected chi connectivity index (χ4v) is 5.04. The molecule has 0 unspecified atom stereocenters. The maximum Gasteiger partial charge on any atom is 0.267 e. The van der Waals surface area contributed by atoms with E-state index in [1.165, 1.54) is 18.7 Å². The van der Waals surface area contributed by atoms with Crippen molar-refractivity contribution < 1.29 is 9.59 Å². The number of hydrogen-bond donors (Lipinski definition) is 1. The third-order valence-corrected chi connectivity index (χ3v) is 6.78. The molecule has 0 bridgehead atoms. The molecule has 0 aliphatic carbocycles. The van der Waals surface area contributed by atoms with E-state index >= 15 is 0 Å². The number of carbonyl (C=O) groups is 2. The van der Waals surface area contributed by atoms with Crippen LogP contribution in [0.2, 0.25) is 0 Å². The lowest BCUT2D eigenvalue weighted by Crippen LogP contribution is -2.22. The Kier molecular flexibility index (Phi) is 6.15. The van der Waals surface area contributed by atoms with E-state index in [0.29, 0.717) is 33.1 Å². The second-order valence-electron chi connectivity index (χ2n) is 8.54. The molecule has 0 saturated carbocycles. The van der Waals surface area contributed by atoms with Gasteiger partial charge in [-0.25, -0.2) is 4.57 Å². The number of nitrogens with zero attached hydrogens (tertiary/aromatic N) is 4. The lowest BCUT2D eigenvalue weighted by molar-refractivity contribution is -0.114. The van der Waals surface area contributed by atoms with E-state index in [1.54, 1.807) is 34.9 Å². The number of rotatable bonds is 6. The van der Waals surface area contributed by atoms with E-state index < -0.39 is 0 Å².